The van der Waals surface area contributed by atoms with Crippen molar-refractivity contribution in [3.63, 3.8) is 0 Å². The van der Waals surface area contributed by atoms with Gasteiger partial charge in [-0.2, -0.15) is 0 Å². The second kappa shape index (κ2) is 11.1. The monoisotopic (exact) mass is 500 g/mol. The molecule has 3 nitrogen and oxygen atoms in total. The highest BCUT2D eigenvalue weighted by atomic mass is 16.1. The van der Waals surface area contributed by atoms with Crippen LogP contribution in [0.5, 0.6) is 0 Å². The van der Waals surface area contributed by atoms with Gasteiger partial charge in [-0.15, -0.1) is 0 Å². The Kier molecular flexibility index (Phi) is 7.46. The average molecular weight is 501 g/mol. The molecular formula is C35H36N2O. The van der Waals surface area contributed by atoms with E-state index in [0.717, 1.165) is 53.8 Å². The van der Waals surface area contributed by atoms with Gasteiger partial charge in [-0.1, -0.05) is 112 Å². The second-order valence-electron chi connectivity index (χ2n) is 11.0. The van der Waals surface area contributed by atoms with Gasteiger partial charge in [0, 0.05) is 24.8 Å². The summed E-state index contributed by atoms with van der Waals surface area (Å²) in [6.45, 7) is 8.22. The minimum absolute atomic E-state index is 0.0497. The molecule has 0 atom stereocenters. The molecule has 0 bridgehead atoms. The lowest BCUT2D eigenvalue weighted by atomic mass is 9.86. The van der Waals surface area contributed by atoms with Crippen molar-refractivity contribution in [3.05, 3.63) is 136 Å². The SMILES string of the molecule is CC(C)(C)c1ccc(-c2cc(=O)c3c(NCCc4ccccc4)cccc3n2CCc2ccccc2)cc1. The highest BCUT2D eigenvalue weighted by Crippen LogP contribution is 2.29. The normalized spacial score (nSPS) is 11.6. The van der Waals surface area contributed by atoms with E-state index in [1.807, 2.05) is 24.3 Å². The number of benzene rings is 4. The Morgan fingerprint density at radius 3 is 1.97 bits per heavy atom. The van der Waals surface area contributed by atoms with Gasteiger partial charge in [0.1, 0.15) is 0 Å². The molecule has 1 aromatic heterocycles. The number of rotatable bonds is 8. The van der Waals surface area contributed by atoms with E-state index in [1.54, 1.807) is 0 Å². The van der Waals surface area contributed by atoms with Gasteiger partial charge >= 0.3 is 0 Å². The third-order valence-corrected chi connectivity index (χ3v) is 7.22. The second-order valence-corrected chi connectivity index (χ2v) is 11.0. The standard InChI is InChI=1S/C35H36N2O/c1-35(2,3)29-19-17-28(18-20-29)32-25-33(38)34-30(36-23-21-26-11-6-4-7-12-26)15-10-16-31(34)37(32)24-22-27-13-8-5-9-14-27/h4-20,25,36H,21-24H2,1-3H3. The van der Waals surface area contributed by atoms with Crippen LogP contribution in [0, 0.1) is 0 Å². The lowest BCUT2D eigenvalue weighted by Crippen LogP contribution is -2.16. The molecule has 0 radical (unpaired) electrons. The molecule has 0 amide bonds. The maximum atomic E-state index is 13.6. The van der Waals surface area contributed by atoms with Crippen LogP contribution < -0.4 is 10.7 Å². The minimum Gasteiger partial charge on any atom is -0.384 e. The van der Waals surface area contributed by atoms with Gasteiger partial charge in [0.25, 0.3) is 0 Å². The highest BCUT2D eigenvalue weighted by molar-refractivity contribution is 5.93. The van der Waals surface area contributed by atoms with Gasteiger partial charge in [0.15, 0.2) is 5.43 Å². The third kappa shape index (κ3) is 5.73. The number of nitrogens with zero attached hydrogens (tertiary/aromatic N) is 1. The Morgan fingerprint density at radius 2 is 1.34 bits per heavy atom. The molecule has 5 rings (SSSR count). The molecule has 1 N–H and O–H groups in total. The first kappa shape index (κ1) is 25.5. The Balaban J connectivity index is 1.55. The molecule has 1 heterocycles. The van der Waals surface area contributed by atoms with Crippen molar-refractivity contribution in [1.82, 2.24) is 4.57 Å². The van der Waals surface area contributed by atoms with Crippen LogP contribution in [0.15, 0.2) is 114 Å². The van der Waals surface area contributed by atoms with Crippen molar-refractivity contribution < 1.29 is 0 Å². The quantitative estimate of drug-likeness (QED) is 0.235. The topological polar surface area (TPSA) is 34.0 Å². The Hall–Kier alpha value is -4.11. The molecule has 0 fully saturated rings. The lowest BCUT2D eigenvalue weighted by Gasteiger charge is -2.21. The van der Waals surface area contributed by atoms with Crippen molar-refractivity contribution >= 4 is 16.6 Å². The molecule has 0 aliphatic heterocycles. The molecule has 0 saturated carbocycles. The van der Waals surface area contributed by atoms with Crippen LogP contribution in [-0.4, -0.2) is 11.1 Å². The zero-order chi connectivity index (χ0) is 26.5. The van der Waals surface area contributed by atoms with Gasteiger partial charge in [-0.25, -0.2) is 0 Å². The zero-order valence-corrected chi connectivity index (χ0v) is 22.6. The van der Waals surface area contributed by atoms with E-state index in [1.165, 1.54) is 16.7 Å². The Bertz CT molecular complexity index is 1560. The summed E-state index contributed by atoms with van der Waals surface area (Å²) in [5, 5.41) is 4.30. The number of hydrogen-bond donors (Lipinski definition) is 1. The van der Waals surface area contributed by atoms with E-state index in [9.17, 15) is 4.79 Å². The maximum absolute atomic E-state index is 13.6. The smallest absolute Gasteiger partial charge is 0.192 e. The molecule has 0 aliphatic rings. The van der Waals surface area contributed by atoms with Crippen LogP contribution >= 0.6 is 0 Å². The summed E-state index contributed by atoms with van der Waals surface area (Å²) in [4.78, 5) is 13.6. The summed E-state index contributed by atoms with van der Waals surface area (Å²) in [7, 11) is 0. The predicted octanol–water partition coefficient (Wildman–Crippen LogP) is 7.86. The van der Waals surface area contributed by atoms with Crippen LogP contribution in [0.3, 0.4) is 0 Å². The van der Waals surface area contributed by atoms with Gasteiger partial charge < -0.3 is 9.88 Å². The van der Waals surface area contributed by atoms with Crippen molar-refractivity contribution in [2.45, 2.75) is 45.6 Å². The van der Waals surface area contributed by atoms with Gasteiger partial charge in [0.2, 0.25) is 0 Å². The Labute approximate surface area is 225 Å². The van der Waals surface area contributed by atoms with E-state index in [-0.39, 0.29) is 10.8 Å². The van der Waals surface area contributed by atoms with Crippen LogP contribution in [-0.2, 0) is 24.8 Å². The van der Waals surface area contributed by atoms with Crippen LogP contribution in [0.1, 0.15) is 37.5 Å². The van der Waals surface area contributed by atoms with Crippen molar-refractivity contribution in [3.8, 4) is 11.3 Å². The fourth-order valence-electron chi connectivity index (χ4n) is 5.07. The first-order chi connectivity index (χ1) is 18.4. The van der Waals surface area contributed by atoms with E-state index in [4.69, 9.17) is 0 Å². The minimum atomic E-state index is 0.0497. The fraction of sp³-hybridized carbons (Fsp3) is 0.229. The van der Waals surface area contributed by atoms with E-state index < -0.39 is 0 Å². The van der Waals surface area contributed by atoms with Crippen LogP contribution in [0.25, 0.3) is 22.2 Å². The summed E-state index contributed by atoms with van der Waals surface area (Å²) in [5.41, 5.74) is 7.85. The number of pyridine rings is 1. The molecule has 4 aromatic carbocycles. The first-order valence-corrected chi connectivity index (χ1v) is 13.5. The maximum Gasteiger partial charge on any atom is 0.192 e. The zero-order valence-electron chi connectivity index (χ0n) is 22.6. The van der Waals surface area contributed by atoms with Gasteiger partial charge in [-0.05, 0) is 52.6 Å². The van der Waals surface area contributed by atoms with Gasteiger partial charge in [0.05, 0.1) is 16.6 Å². The molecule has 5 aromatic rings. The van der Waals surface area contributed by atoms with Crippen molar-refractivity contribution in [2.75, 3.05) is 11.9 Å². The van der Waals surface area contributed by atoms with E-state index in [0.29, 0.717) is 0 Å². The molecule has 0 aliphatic carbocycles. The van der Waals surface area contributed by atoms with Crippen LogP contribution in [0.2, 0.25) is 0 Å². The summed E-state index contributed by atoms with van der Waals surface area (Å²) < 4.78 is 2.32. The lowest BCUT2D eigenvalue weighted by molar-refractivity contribution is 0.590. The van der Waals surface area contributed by atoms with Gasteiger partial charge in [-0.3, -0.25) is 4.79 Å². The number of aromatic nitrogens is 1. The van der Waals surface area contributed by atoms with E-state index in [2.05, 4.69) is 116 Å². The number of nitrogens with one attached hydrogen (secondary N) is 1. The molecule has 192 valence electrons. The first-order valence-electron chi connectivity index (χ1n) is 13.5. The fourth-order valence-corrected chi connectivity index (χ4v) is 5.07. The Morgan fingerprint density at radius 1 is 0.711 bits per heavy atom. The largest absolute Gasteiger partial charge is 0.384 e. The summed E-state index contributed by atoms with van der Waals surface area (Å²) >= 11 is 0. The number of hydrogen-bond acceptors (Lipinski definition) is 2. The summed E-state index contributed by atoms with van der Waals surface area (Å²) in [6.07, 6.45) is 1.79. The average Bonchev–Trinajstić information content (AvgIpc) is 2.93. The molecular weight excluding hydrogens is 464 g/mol. The molecule has 0 spiro atoms. The molecule has 0 saturated heterocycles. The van der Waals surface area contributed by atoms with Crippen LogP contribution in [0.4, 0.5) is 5.69 Å². The number of anilines is 1. The van der Waals surface area contributed by atoms with E-state index >= 15 is 0 Å². The predicted molar refractivity (Wildman–Crippen MR) is 161 cm³/mol. The number of aryl methyl sites for hydroxylation is 2. The summed E-state index contributed by atoms with van der Waals surface area (Å²) in [6, 6.07) is 37.6. The molecule has 3 heteroatoms. The van der Waals surface area contributed by atoms with Crippen molar-refractivity contribution in [2.24, 2.45) is 0 Å². The highest BCUT2D eigenvalue weighted by Gasteiger charge is 2.16. The van der Waals surface area contributed by atoms with Crippen molar-refractivity contribution in [1.29, 1.82) is 0 Å². The third-order valence-electron chi connectivity index (χ3n) is 7.22. The molecule has 0 unspecified atom stereocenters. The number of fused-ring (bicyclic) bond motifs is 1. The molecule has 38 heavy (non-hydrogen) atoms. The summed E-state index contributed by atoms with van der Waals surface area (Å²) in [5.74, 6) is 0.